The Morgan fingerprint density at radius 2 is 1.77 bits per heavy atom. The molecule has 1 N–H and O–H groups in total. The molecule has 0 atom stereocenters. The lowest BCUT2D eigenvalue weighted by atomic mass is 10.1. The van der Waals surface area contributed by atoms with E-state index in [1.54, 1.807) is 0 Å². The van der Waals surface area contributed by atoms with Crippen LogP contribution in [0.15, 0.2) is 47.4 Å². The molecular formula is C15H16N2O4S. The Bertz CT molecular complexity index is 799. The summed E-state index contributed by atoms with van der Waals surface area (Å²) < 4.78 is 23.0. The fraction of sp³-hybridized carbons (Fsp3) is 0.200. The van der Waals surface area contributed by atoms with Gasteiger partial charge in [0, 0.05) is 18.9 Å². The van der Waals surface area contributed by atoms with E-state index in [0.29, 0.717) is 6.54 Å². The maximum Gasteiger partial charge on any atom is 0.293 e. The molecule has 0 amide bonds. The molecule has 0 fully saturated rings. The molecule has 0 unspecified atom stereocenters. The molecule has 0 saturated heterocycles. The number of nitro benzene ring substituents is 1. The van der Waals surface area contributed by atoms with Gasteiger partial charge in [0.2, 0.25) is 0 Å². The quantitative estimate of drug-likeness (QED) is 0.676. The van der Waals surface area contributed by atoms with Crippen molar-refractivity contribution in [3.63, 3.8) is 0 Å². The minimum absolute atomic E-state index is 0.0694. The van der Waals surface area contributed by atoms with Gasteiger partial charge in [-0.3, -0.25) is 10.1 Å². The fourth-order valence-corrected chi connectivity index (χ4v) is 2.59. The third-order valence-corrected chi connectivity index (χ3v) is 4.31. The number of benzene rings is 2. The molecule has 2 aromatic carbocycles. The van der Waals surface area contributed by atoms with Crippen molar-refractivity contribution >= 4 is 21.2 Å². The molecule has 0 spiro atoms. The second kappa shape index (κ2) is 6.15. The van der Waals surface area contributed by atoms with Gasteiger partial charge in [-0.2, -0.15) is 0 Å². The first-order chi connectivity index (χ1) is 10.3. The predicted molar refractivity (Wildman–Crippen MR) is 84.7 cm³/mol. The van der Waals surface area contributed by atoms with Gasteiger partial charge in [-0.1, -0.05) is 29.8 Å². The molecule has 0 radical (unpaired) electrons. The van der Waals surface area contributed by atoms with Gasteiger partial charge >= 0.3 is 0 Å². The average Bonchev–Trinajstić information content (AvgIpc) is 2.45. The first kappa shape index (κ1) is 16.0. The second-order valence-corrected chi connectivity index (χ2v) is 7.06. The van der Waals surface area contributed by atoms with Gasteiger partial charge in [0.05, 0.1) is 9.82 Å². The van der Waals surface area contributed by atoms with E-state index in [-0.39, 0.29) is 16.3 Å². The molecule has 0 heterocycles. The van der Waals surface area contributed by atoms with E-state index in [2.05, 4.69) is 5.32 Å². The monoisotopic (exact) mass is 320 g/mol. The van der Waals surface area contributed by atoms with Crippen LogP contribution in [-0.2, 0) is 16.4 Å². The highest BCUT2D eigenvalue weighted by Crippen LogP contribution is 2.28. The highest BCUT2D eigenvalue weighted by atomic mass is 32.2. The minimum atomic E-state index is -3.48. The van der Waals surface area contributed by atoms with Crippen molar-refractivity contribution in [2.75, 3.05) is 11.6 Å². The van der Waals surface area contributed by atoms with Crippen LogP contribution in [0, 0.1) is 17.0 Å². The number of sulfone groups is 1. The number of nitrogens with zero attached hydrogens (tertiary/aromatic N) is 1. The maximum atomic E-state index is 11.5. The van der Waals surface area contributed by atoms with Crippen molar-refractivity contribution in [2.45, 2.75) is 18.4 Å². The zero-order valence-corrected chi connectivity index (χ0v) is 13.1. The number of hydrogen-bond donors (Lipinski definition) is 1. The van der Waals surface area contributed by atoms with Crippen molar-refractivity contribution in [1.82, 2.24) is 0 Å². The lowest BCUT2D eigenvalue weighted by molar-refractivity contribution is -0.384. The summed E-state index contributed by atoms with van der Waals surface area (Å²) in [5.74, 6) is 0. The zero-order chi connectivity index (χ0) is 16.3. The van der Waals surface area contributed by atoms with E-state index >= 15 is 0 Å². The fourth-order valence-electron chi connectivity index (χ4n) is 1.95. The van der Waals surface area contributed by atoms with E-state index in [4.69, 9.17) is 0 Å². The third-order valence-electron chi connectivity index (χ3n) is 3.20. The topological polar surface area (TPSA) is 89.3 Å². The van der Waals surface area contributed by atoms with Gasteiger partial charge < -0.3 is 5.32 Å². The van der Waals surface area contributed by atoms with E-state index in [1.165, 1.54) is 12.1 Å². The lowest BCUT2D eigenvalue weighted by Gasteiger charge is -2.08. The smallest absolute Gasteiger partial charge is 0.293 e. The molecule has 0 aromatic heterocycles. The number of nitro groups is 1. The summed E-state index contributed by atoms with van der Waals surface area (Å²) in [6.45, 7) is 2.39. The van der Waals surface area contributed by atoms with Gasteiger partial charge in [-0.15, -0.1) is 0 Å². The standard InChI is InChI=1S/C15H16N2O4S/c1-11-3-5-12(6-4-11)10-16-14-8-7-13(22(2,20)21)9-15(14)17(18)19/h3-9,16H,10H2,1-2H3. The summed E-state index contributed by atoms with van der Waals surface area (Å²) in [5.41, 5.74) is 2.15. The molecule has 0 saturated carbocycles. The van der Waals surface area contributed by atoms with E-state index in [9.17, 15) is 18.5 Å². The largest absolute Gasteiger partial charge is 0.375 e. The SMILES string of the molecule is Cc1ccc(CNc2ccc(S(C)(=O)=O)cc2[N+](=O)[O-])cc1. The number of aryl methyl sites for hydroxylation is 1. The van der Waals surface area contributed by atoms with Crippen molar-refractivity contribution in [3.05, 3.63) is 63.7 Å². The zero-order valence-electron chi connectivity index (χ0n) is 12.2. The molecule has 6 nitrogen and oxygen atoms in total. The van der Waals surface area contributed by atoms with Crippen LogP contribution in [-0.4, -0.2) is 19.6 Å². The van der Waals surface area contributed by atoms with Crippen LogP contribution in [0.3, 0.4) is 0 Å². The number of rotatable bonds is 5. The van der Waals surface area contributed by atoms with E-state index < -0.39 is 14.8 Å². The molecular weight excluding hydrogens is 304 g/mol. The molecule has 2 rings (SSSR count). The number of nitrogens with one attached hydrogen (secondary N) is 1. The Morgan fingerprint density at radius 3 is 2.32 bits per heavy atom. The summed E-state index contributed by atoms with van der Waals surface area (Å²) in [6.07, 6.45) is 1.02. The molecule has 22 heavy (non-hydrogen) atoms. The Hall–Kier alpha value is -2.41. The van der Waals surface area contributed by atoms with E-state index in [0.717, 1.165) is 23.4 Å². The molecule has 0 bridgehead atoms. The second-order valence-electron chi connectivity index (χ2n) is 5.05. The third kappa shape index (κ3) is 3.82. The average molecular weight is 320 g/mol. The molecule has 7 heteroatoms. The highest BCUT2D eigenvalue weighted by molar-refractivity contribution is 7.90. The first-order valence-corrected chi connectivity index (χ1v) is 8.44. The van der Waals surface area contributed by atoms with Gasteiger partial charge in [0.25, 0.3) is 5.69 Å². The van der Waals surface area contributed by atoms with Crippen LogP contribution in [0.2, 0.25) is 0 Å². The molecule has 116 valence electrons. The van der Waals surface area contributed by atoms with Crippen LogP contribution in [0.4, 0.5) is 11.4 Å². The Balaban J connectivity index is 2.27. The molecule has 0 aliphatic rings. The molecule has 0 aliphatic heterocycles. The van der Waals surface area contributed by atoms with Gasteiger partial charge in [0.1, 0.15) is 5.69 Å². The van der Waals surface area contributed by atoms with Crippen LogP contribution in [0.5, 0.6) is 0 Å². The summed E-state index contributed by atoms with van der Waals surface area (Å²) >= 11 is 0. The summed E-state index contributed by atoms with van der Waals surface area (Å²) in [4.78, 5) is 10.5. The van der Waals surface area contributed by atoms with E-state index in [1.807, 2.05) is 31.2 Å². The Kier molecular flexibility index (Phi) is 4.46. The minimum Gasteiger partial charge on any atom is -0.375 e. The van der Waals surface area contributed by atoms with Crippen LogP contribution < -0.4 is 5.32 Å². The molecule has 0 aliphatic carbocycles. The summed E-state index contributed by atoms with van der Waals surface area (Å²) in [6, 6.07) is 11.6. The van der Waals surface area contributed by atoms with Gasteiger partial charge in [-0.25, -0.2) is 8.42 Å². The first-order valence-electron chi connectivity index (χ1n) is 6.55. The van der Waals surface area contributed by atoms with Crippen LogP contribution >= 0.6 is 0 Å². The number of hydrogen-bond acceptors (Lipinski definition) is 5. The van der Waals surface area contributed by atoms with Crippen molar-refractivity contribution in [2.24, 2.45) is 0 Å². The highest BCUT2D eigenvalue weighted by Gasteiger charge is 2.18. The Labute approximate surface area is 128 Å². The van der Waals surface area contributed by atoms with Crippen molar-refractivity contribution in [1.29, 1.82) is 0 Å². The summed E-state index contributed by atoms with van der Waals surface area (Å²) in [7, 11) is -3.48. The normalized spacial score (nSPS) is 11.2. The lowest BCUT2D eigenvalue weighted by Crippen LogP contribution is -2.05. The van der Waals surface area contributed by atoms with Gasteiger partial charge in [0.15, 0.2) is 9.84 Å². The maximum absolute atomic E-state index is 11.5. The van der Waals surface area contributed by atoms with Crippen molar-refractivity contribution in [3.8, 4) is 0 Å². The van der Waals surface area contributed by atoms with Crippen LogP contribution in [0.25, 0.3) is 0 Å². The summed E-state index contributed by atoms with van der Waals surface area (Å²) in [5, 5.41) is 14.1. The van der Waals surface area contributed by atoms with Crippen molar-refractivity contribution < 1.29 is 13.3 Å². The Morgan fingerprint density at radius 1 is 1.14 bits per heavy atom. The predicted octanol–water partition coefficient (Wildman–Crippen LogP) is 2.92. The van der Waals surface area contributed by atoms with Gasteiger partial charge in [-0.05, 0) is 24.6 Å². The number of anilines is 1. The molecule has 2 aromatic rings. The van der Waals surface area contributed by atoms with Crippen LogP contribution in [0.1, 0.15) is 11.1 Å².